The molecule has 3 N–H and O–H groups in total. The molecule has 1 saturated heterocycles. The summed E-state index contributed by atoms with van der Waals surface area (Å²) in [4.78, 5) is 19.0. The molecular weight excluding hydrogens is 411 g/mol. The van der Waals surface area contributed by atoms with E-state index in [0.717, 1.165) is 30.9 Å². The smallest absolute Gasteiger partial charge is 0.257 e. The Morgan fingerprint density at radius 1 is 1.25 bits per heavy atom. The average molecular weight is 436 g/mol. The number of para-hydroxylation sites is 1. The van der Waals surface area contributed by atoms with E-state index in [2.05, 4.69) is 20.5 Å². The zero-order valence-corrected chi connectivity index (χ0v) is 17.7. The molecule has 3 aromatic rings. The summed E-state index contributed by atoms with van der Waals surface area (Å²) in [5.41, 5.74) is 1.59. The van der Waals surface area contributed by atoms with Crippen LogP contribution in [-0.2, 0) is 6.54 Å². The van der Waals surface area contributed by atoms with Crippen molar-refractivity contribution < 1.29 is 19.0 Å². The number of methoxy groups -OCH3 is 1. The van der Waals surface area contributed by atoms with E-state index in [1.165, 1.54) is 25.4 Å². The number of amides is 1. The van der Waals surface area contributed by atoms with E-state index in [0.29, 0.717) is 23.5 Å². The maximum atomic E-state index is 13.3. The van der Waals surface area contributed by atoms with Crippen molar-refractivity contribution in [2.75, 3.05) is 30.4 Å². The van der Waals surface area contributed by atoms with Gasteiger partial charge in [0.25, 0.3) is 5.91 Å². The number of benzene rings is 2. The first-order chi connectivity index (χ1) is 15.5. The number of rotatable bonds is 7. The number of ether oxygens (including phenoxy) is 1. The summed E-state index contributed by atoms with van der Waals surface area (Å²) in [5, 5.41) is 16.4. The topological polar surface area (TPSA) is 86.7 Å². The van der Waals surface area contributed by atoms with Gasteiger partial charge in [-0.2, -0.15) is 0 Å². The molecule has 0 aliphatic carbocycles. The number of hydrogen-bond acceptors (Lipinski definition) is 6. The molecule has 7 nitrogen and oxygen atoms in total. The van der Waals surface area contributed by atoms with Crippen LogP contribution >= 0.6 is 0 Å². The van der Waals surface area contributed by atoms with Crippen molar-refractivity contribution in [3.05, 3.63) is 77.7 Å². The van der Waals surface area contributed by atoms with Crippen LogP contribution in [0.3, 0.4) is 0 Å². The van der Waals surface area contributed by atoms with Crippen molar-refractivity contribution in [3.8, 4) is 11.5 Å². The van der Waals surface area contributed by atoms with Gasteiger partial charge in [0.05, 0.1) is 12.7 Å². The van der Waals surface area contributed by atoms with E-state index in [4.69, 9.17) is 4.74 Å². The number of phenols is 1. The third kappa shape index (κ3) is 4.97. The molecule has 2 aromatic carbocycles. The van der Waals surface area contributed by atoms with E-state index in [1.807, 2.05) is 18.2 Å². The van der Waals surface area contributed by atoms with E-state index >= 15 is 0 Å². The largest absolute Gasteiger partial charge is 0.504 e. The van der Waals surface area contributed by atoms with E-state index in [9.17, 15) is 14.3 Å². The number of carbonyl (C=O) groups excluding carboxylic acids is 1. The molecule has 1 fully saturated rings. The molecule has 2 heterocycles. The summed E-state index contributed by atoms with van der Waals surface area (Å²) < 4.78 is 18.4. The van der Waals surface area contributed by atoms with Gasteiger partial charge >= 0.3 is 0 Å². The lowest BCUT2D eigenvalue weighted by Crippen LogP contribution is -2.32. The van der Waals surface area contributed by atoms with Gasteiger partial charge in [-0.1, -0.05) is 18.2 Å². The fourth-order valence-corrected chi connectivity index (χ4v) is 3.74. The lowest BCUT2D eigenvalue weighted by Gasteiger charge is -2.18. The number of nitrogens with one attached hydrogen (secondary N) is 2. The standard InChI is InChI=1S/C24H25FN4O3/c1-32-21-7-2-4-16(23(21)30)13-26-20-10-11-29(15-20)22-9-8-17(14-27-22)24(31)28-19-6-3-5-18(25)12-19/h2-9,12,14,20,26,30H,10-11,13,15H2,1H3,(H,28,31). The molecule has 1 unspecified atom stereocenters. The van der Waals surface area contributed by atoms with Gasteiger partial charge in [0.2, 0.25) is 0 Å². The number of nitrogens with zero attached hydrogens (tertiary/aromatic N) is 2. The van der Waals surface area contributed by atoms with Crippen molar-refractivity contribution in [1.29, 1.82) is 0 Å². The highest BCUT2D eigenvalue weighted by molar-refractivity contribution is 6.04. The number of halogens is 1. The quantitative estimate of drug-likeness (QED) is 0.525. The first-order valence-electron chi connectivity index (χ1n) is 10.4. The van der Waals surface area contributed by atoms with Crippen LogP contribution in [-0.4, -0.2) is 42.2 Å². The molecule has 8 heteroatoms. The van der Waals surface area contributed by atoms with Crippen molar-refractivity contribution in [2.24, 2.45) is 0 Å². The Kier molecular flexibility index (Phi) is 6.51. The van der Waals surface area contributed by atoms with Gasteiger partial charge in [0, 0.05) is 43.1 Å². The van der Waals surface area contributed by atoms with E-state index < -0.39 is 5.82 Å². The number of pyridine rings is 1. The van der Waals surface area contributed by atoms with Crippen molar-refractivity contribution in [1.82, 2.24) is 10.3 Å². The van der Waals surface area contributed by atoms with E-state index in [1.54, 1.807) is 24.3 Å². The first-order valence-corrected chi connectivity index (χ1v) is 10.4. The maximum Gasteiger partial charge on any atom is 0.257 e. The molecular formula is C24H25FN4O3. The first kappa shape index (κ1) is 21.6. The summed E-state index contributed by atoms with van der Waals surface area (Å²) in [7, 11) is 1.53. The highest BCUT2D eigenvalue weighted by Gasteiger charge is 2.23. The predicted octanol–water partition coefficient (Wildman–Crippen LogP) is 3.56. The Balaban J connectivity index is 1.32. The number of anilines is 2. The molecule has 0 radical (unpaired) electrons. The van der Waals surface area contributed by atoms with Gasteiger partial charge in [-0.3, -0.25) is 4.79 Å². The number of phenolic OH excluding ortho intramolecular Hbond substituents is 1. The zero-order chi connectivity index (χ0) is 22.5. The van der Waals surface area contributed by atoms with Crippen LogP contribution in [0.1, 0.15) is 22.3 Å². The lowest BCUT2D eigenvalue weighted by atomic mass is 10.1. The SMILES string of the molecule is COc1cccc(CNC2CCN(c3ccc(C(=O)Nc4cccc(F)c4)cn3)C2)c1O. The molecule has 166 valence electrons. The van der Waals surface area contributed by atoms with Crippen molar-refractivity contribution >= 4 is 17.4 Å². The van der Waals surface area contributed by atoms with Crippen LogP contribution in [0.15, 0.2) is 60.8 Å². The molecule has 4 rings (SSSR count). The average Bonchev–Trinajstić information content (AvgIpc) is 3.27. The van der Waals surface area contributed by atoms with Gasteiger partial charge in [-0.25, -0.2) is 9.37 Å². The fraction of sp³-hybridized carbons (Fsp3) is 0.250. The minimum absolute atomic E-state index is 0.158. The normalized spacial score (nSPS) is 15.6. The third-order valence-corrected chi connectivity index (χ3v) is 5.49. The van der Waals surface area contributed by atoms with Crippen LogP contribution in [0, 0.1) is 5.82 Å². The monoisotopic (exact) mass is 436 g/mol. The van der Waals surface area contributed by atoms with E-state index in [-0.39, 0.29) is 17.7 Å². The molecule has 1 aromatic heterocycles. The predicted molar refractivity (Wildman–Crippen MR) is 121 cm³/mol. The minimum Gasteiger partial charge on any atom is -0.504 e. The molecule has 0 bridgehead atoms. The molecule has 0 saturated carbocycles. The van der Waals surface area contributed by atoms with Gasteiger partial charge in [0.1, 0.15) is 11.6 Å². The van der Waals surface area contributed by atoms with Gasteiger partial charge < -0.3 is 25.4 Å². The Labute approximate surface area is 185 Å². The summed E-state index contributed by atoms with van der Waals surface area (Å²) in [6.07, 6.45) is 2.47. The van der Waals surface area contributed by atoms with Gasteiger partial charge in [-0.05, 0) is 42.8 Å². The number of aromatic hydroxyl groups is 1. The van der Waals surface area contributed by atoms with Crippen LogP contribution in [0.5, 0.6) is 11.5 Å². The number of aromatic nitrogens is 1. The molecule has 1 aliphatic rings. The second-order valence-corrected chi connectivity index (χ2v) is 7.65. The minimum atomic E-state index is -0.407. The molecule has 1 aliphatic heterocycles. The Morgan fingerprint density at radius 3 is 2.84 bits per heavy atom. The third-order valence-electron chi connectivity index (χ3n) is 5.49. The zero-order valence-electron chi connectivity index (χ0n) is 17.7. The molecule has 1 atom stereocenters. The number of carbonyl (C=O) groups is 1. The molecule has 32 heavy (non-hydrogen) atoms. The lowest BCUT2D eigenvalue weighted by molar-refractivity contribution is 0.102. The Hall–Kier alpha value is -3.65. The highest BCUT2D eigenvalue weighted by atomic mass is 19.1. The maximum absolute atomic E-state index is 13.3. The van der Waals surface area contributed by atoms with Crippen molar-refractivity contribution in [2.45, 2.75) is 19.0 Å². The van der Waals surface area contributed by atoms with Crippen LogP contribution in [0.4, 0.5) is 15.9 Å². The highest BCUT2D eigenvalue weighted by Crippen LogP contribution is 2.29. The summed E-state index contributed by atoms with van der Waals surface area (Å²) in [6.45, 7) is 2.14. The fourth-order valence-electron chi connectivity index (χ4n) is 3.74. The molecule has 0 spiro atoms. The molecule has 1 amide bonds. The Morgan fingerprint density at radius 2 is 2.09 bits per heavy atom. The summed E-state index contributed by atoms with van der Waals surface area (Å²) in [6, 6.07) is 15.0. The van der Waals surface area contributed by atoms with Crippen LogP contribution < -0.4 is 20.3 Å². The van der Waals surface area contributed by atoms with Gasteiger partial charge in [-0.15, -0.1) is 0 Å². The number of hydrogen-bond donors (Lipinski definition) is 3. The summed E-state index contributed by atoms with van der Waals surface area (Å²) >= 11 is 0. The van der Waals surface area contributed by atoms with Crippen LogP contribution in [0.25, 0.3) is 0 Å². The van der Waals surface area contributed by atoms with Gasteiger partial charge in [0.15, 0.2) is 11.5 Å². The Bertz CT molecular complexity index is 1090. The van der Waals surface area contributed by atoms with Crippen molar-refractivity contribution in [3.63, 3.8) is 0 Å². The van der Waals surface area contributed by atoms with Crippen LogP contribution in [0.2, 0.25) is 0 Å². The summed E-state index contributed by atoms with van der Waals surface area (Å²) in [5.74, 6) is 0.666. The second kappa shape index (κ2) is 9.65. The second-order valence-electron chi connectivity index (χ2n) is 7.65.